The smallest absolute Gasteiger partial charge is 0.229 e. The highest BCUT2D eigenvalue weighted by atomic mass is 32.2. The molecule has 0 spiro atoms. The van der Waals surface area contributed by atoms with Gasteiger partial charge in [0.15, 0.2) is 5.82 Å². The van der Waals surface area contributed by atoms with Crippen molar-refractivity contribution in [3.63, 3.8) is 0 Å². The van der Waals surface area contributed by atoms with Crippen LogP contribution < -0.4 is 4.72 Å². The standard InChI is InChI=1S/C13H12FNO2S/c1-18(16,17)15-12-9-5-8-11(13(12)14)10-6-3-2-4-7-10/h2-9,15H,1H3. The van der Waals surface area contributed by atoms with Crippen molar-refractivity contribution in [2.45, 2.75) is 0 Å². The van der Waals surface area contributed by atoms with Gasteiger partial charge in [-0.25, -0.2) is 12.8 Å². The van der Waals surface area contributed by atoms with E-state index in [1.807, 2.05) is 6.07 Å². The molecule has 2 aromatic carbocycles. The first-order valence-corrected chi connectivity index (χ1v) is 7.18. The van der Waals surface area contributed by atoms with Crippen LogP contribution in [0.25, 0.3) is 11.1 Å². The van der Waals surface area contributed by atoms with E-state index in [1.54, 1.807) is 36.4 Å². The van der Waals surface area contributed by atoms with Gasteiger partial charge >= 0.3 is 0 Å². The fourth-order valence-corrected chi connectivity index (χ4v) is 2.21. The summed E-state index contributed by atoms with van der Waals surface area (Å²) in [6, 6.07) is 13.6. The summed E-state index contributed by atoms with van der Waals surface area (Å²) in [4.78, 5) is 0. The first kappa shape index (κ1) is 12.6. The number of anilines is 1. The fraction of sp³-hybridized carbons (Fsp3) is 0.0769. The quantitative estimate of drug-likeness (QED) is 0.927. The van der Waals surface area contributed by atoms with Gasteiger partial charge in [0.05, 0.1) is 11.9 Å². The van der Waals surface area contributed by atoms with Crippen LogP contribution in [-0.2, 0) is 10.0 Å². The molecular formula is C13H12FNO2S. The summed E-state index contributed by atoms with van der Waals surface area (Å²) in [5.74, 6) is -0.575. The van der Waals surface area contributed by atoms with Gasteiger partial charge in [0, 0.05) is 5.56 Å². The average molecular weight is 265 g/mol. The molecule has 0 aliphatic carbocycles. The van der Waals surface area contributed by atoms with Crippen LogP contribution in [0, 0.1) is 5.82 Å². The second-order valence-electron chi connectivity index (χ2n) is 3.91. The average Bonchev–Trinajstić information content (AvgIpc) is 2.31. The van der Waals surface area contributed by atoms with Crippen LogP contribution in [0.2, 0.25) is 0 Å². The van der Waals surface area contributed by atoms with E-state index in [2.05, 4.69) is 4.72 Å². The zero-order valence-electron chi connectivity index (χ0n) is 9.72. The fourth-order valence-electron chi connectivity index (χ4n) is 1.65. The topological polar surface area (TPSA) is 46.2 Å². The predicted molar refractivity (Wildman–Crippen MR) is 70.3 cm³/mol. The Morgan fingerprint density at radius 2 is 1.67 bits per heavy atom. The summed E-state index contributed by atoms with van der Waals surface area (Å²) in [6.45, 7) is 0. The van der Waals surface area contributed by atoms with E-state index < -0.39 is 15.8 Å². The molecule has 2 rings (SSSR count). The minimum atomic E-state index is -3.49. The van der Waals surface area contributed by atoms with E-state index in [1.165, 1.54) is 6.07 Å². The van der Waals surface area contributed by atoms with Crippen molar-refractivity contribution in [1.82, 2.24) is 0 Å². The third-order valence-electron chi connectivity index (χ3n) is 2.38. The second kappa shape index (κ2) is 4.78. The number of sulfonamides is 1. The summed E-state index contributed by atoms with van der Waals surface area (Å²) < 4.78 is 38.6. The van der Waals surface area contributed by atoms with Crippen molar-refractivity contribution in [2.75, 3.05) is 11.0 Å². The molecule has 0 radical (unpaired) electrons. The maximum Gasteiger partial charge on any atom is 0.229 e. The lowest BCUT2D eigenvalue weighted by molar-refractivity contribution is 0.604. The third-order valence-corrected chi connectivity index (χ3v) is 2.97. The van der Waals surface area contributed by atoms with Gasteiger partial charge in [-0.1, -0.05) is 42.5 Å². The summed E-state index contributed by atoms with van der Waals surface area (Å²) >= 11 is 0. The Bertz CT molecular complexity index is 654. The van der Waals surface area contributed by atoms with Crippen molar-refractivity contribution in [1.29, 1.82) is 0 Å². The zero-order chi connectivity index (χ0) is 13.2. The molecule has 0 aromatic heterocycles. The van der Waals surface area contributed by atoms with Gasteiger partial charge < -0.3 is 0 Å². The Morgan fingerprint density at radius 1 is 1.00 bits per heavy atom. The van der Waals surface area contributed by atoms with Crippen LogP contribution in [0.1, 0.15) is 0 Å². The van der Waals surface area contributed by atoms with Gasteiger partial charge in [0.25, 0.3) is 0 Å². The Balaban J connectivity index is 2.49. The summed E-state index contributed by atoms with van der Waals surface area (Å²) in [6.07, 6.45) is 0.988. The van der Waals surface area contributed by atoms with Crippen LogP contribution in [0.3, 0.4) is 0 Å². The van der Waals surface area contributed by atoms with Crippen LogP contribution in [-0.4, -0.2) is 14.7 Å². The van der Waals surface area contributed by atoms with Crippen molar-refractivity contribution in [3.8, 4) is 11.1 Å². The molecule has 0 unspecified atom stereocenters. The Morgan fingerprint density at radius 3 is 2.28 bits per heavy atom. The first-order chi connectivity index (χ1) is 8.47. The number of hydrogen-bond donors (Lipinski definition) is 1. The van der Waals surface area contributed by atoms with E-state index in [4.69, 9.17) is 0 Å². The molecule has 0 amide bonds. The maximum absolute atomic E-state index is 14.2. The minimum absolute atomic E-state index is 0.0427. The monoisotopic (exact) mass is 265 g/mol. The van der Waals surface area contributed by atoms with E-state index in [9.17, 15) is 12.8 Å². The van der Waals surface area contributed by atoms with Gasteiger partial charge in [-0.2, -0.15) is 0 Å². The summed E-state index contributed by atoms with van der Waals surface area (Å²) in [5, 5.41) is 0. The van der Waals surface area contributed by atoms with E-state index in [0.717, 1.165) is 6.26 Å². The largest absolute Gasteiger partial charge is 0.281 e. The predicted octanol–water partition coefficient (Wildman–Crippen LogP) is 2.86. The van der Waals surface area contributed by atoms with Gasteiger partial charge in [-0.15, -0.1) is 0 Å². The molecule has 0 aliphatic rings. The van der Waals surface area contributed by atoms with Crippen LogP contribution in [0.5, 0.6) is 0 Å². The number of rotatable bonds is 3. The summed E-state index contributed by atoms with van der Waals surface area (Å²) in [7, 11) is -3.49. The number of benzene rings is 2. The number of nitrogens with one attached hydrogen (secondary N) is 1. The molecule has 0 atom stereocenters. The van der Waals surface area contributed by atoms with Crippen LogP contribution in [0.15, 0.2) is 48.5 Å². The molecule has 94 valence electrons. The molecule has 0 heterocycles. The van der Waals surface area contributed by atoms with Crippen LogP contribution >= 0.6 is 0 Å². The first-order valence-electron chi connectivity index (χ1n) is 5.29. The molecule has 18 heavy (non-hydrogen) atoms. The molecule has 0 saturated heterocycles. The van der Waals surface area contributed by atoms with Gasteiger partial charge in [0.2, 0.25) is 10.0 Å². The normalized spacial score (nSPS) is 11.2. The molecule has 0 saturated carbocycles. The minimum Gasteiger partial charge on any atom is -0.281 e. The Labute approximate surface area is 105 Å². The number of hydrogen-bond acceptors (Lipinski definition) is 2. The zero-order valence-corrected chi connectivity index (χ0v) is 10.5. The van der Waals surface area contributed by atoms with Gasteiger partial charge in [-0.05, 0) is 11.6 Å². The van der Waals surface area contributed by atoms with Gasteiger partial charge in [0.1, 0.15) is 0 Å². The third kappa shape index (κ3) is 2.87. The van der Waals surface area contributed by atoms with E-state index in [0.29, 0.717) is 11.1 Å². The molecule has 1 N–H and O–H groups in total. The maximum atomic E-state index is 14.2. The lowest BCUT2D eigenvalue weighted by atomic mass is 10.0. The van der Waals surface area contributed by atoms with Crippen molar-refractivity contribution >= 4 is 15.7 Å². The van der Waals surface area contributed by atoms with E-state index >= 15 is 0 Å². The molecule has 0 fully saturated rings. The molecule has 2 aromatic rings. The highest BCUT2D eigenvalue weighted by Gasteiger charge is 2.12. The van der Waals surface area contributed by atoms with Crippen molar-refractivity contribution < 1.29 is 12.8 Å². The lowest BCUT2D eigenvalue weighted by Crippen LogP contribution is -2.11. The number of halogens is 1. The Kier molecular flexibility index (Phi) is 3.34. The second-order valence-corrected chi connectivity index (χ2v) is 5.66. The molecule has 0 bridgehead atoms. The van der Waals surface area contributed by atoms with Crippen molar-refractivity contribution in [2.24, 2.45) is 0 Å². The molecular weight excluding hydrogens is 253 g/mol. The molecule has 0 aliphatic heterocycles. The highest BCUT2D eigenvalue weighted by molar-refractivity contribution is 7.92. The molecule has 3 nitrogen and oxygen atoms in total. The van der Waals surface area contributed by atoms with Crippen LogP contribution in [0.4, 0.5) is 10.1 Å². The van der Waals surface area contributed by atoms with E-state index in [-0.39, 0.29) is 5.69 Å². The van der Waals surface area contributed by atoms with Crippen molar-refractivity contribution in [3.05, 3.63) is 54.3 Å². The SMILES string of the molecule is CS(=O)(=O)Nc1cccc(-c2ccccc2)c1F. The molecule has 5 heteroatoms. The lowest BCUT2D eigenvalue weighted by Gasteiger charge is -2.09. The Hall–Kier alpha value is -1.88. The van der Waals surface area contributed by atoms with Gasteiger partial charge in [-0.3, -0.25) is 4.72 Å². The summed E-state index contributed by atoms with van der Waals surface area (Å²) in [5.41, 5.74) is 1.02. The highest BCUT2D eigenvalue weighted by Crippen LogP contribution is 2.27.